The van der Waals surface area contributed by atoms with Crippen LogP contribution < -0.4 is 0 Å². The molecular formula is C17H35Cl3OSi. The van der Waals surface area contributed by atoms with E-state index in [-0.39, 0.29) is 0 Å². The van der Waals surface area contributed by atoms with Gasteiger partial charge >= 0.3 is 6.00 Å². The van der Waals surface area contributed by atoms with Crippen molar-refractivity contribution in [1.82, 2.24) is 0 Å². The van der Waals surface area contributed by atoms with Gasteiger partial charge < -0.3 is 5.11 Å². The maximum absolute atomic E-state index is 8.69. The van der Waals surface area contributed by atoms with Crippen LogP contribution in [0.15, 0.2) is 0 Å². The van der Waals surface area contributed by atoms with E-state index in [0.717, 1.165) is 18.9 Å². The monoisotopic (exact) mass is 388 g/mol. The lowest BCUT2D eigenvalue weighted by molar-refractivity contribution is 0.282. The Morgan fingerprint density at radius 3 is 1.00 bits per heavy atom. The van der Waals surface area contributed by atoms with E-state index in [2.05, 4.69) is 0 Å². The Labute approximate surface area is 153 Å². The Hall–Kier alpha value is 1.05. The van der Waals surface area contributed by atoms with E-state index in [9.17, 15) is 0 Å². The zero-order chi connectivity index (χ0) is 16.5. The van der Waals surface area contributed by atoms with Crippen molar-refractivity contribution in [3.05, 3.63) is 0 Å². The highest BCUT2D eigenvalue weighted by Crippen LogP contribution is 2.27. The summed E-state index contributed by atoms with van der Waals surface area (Å²) in [5.74, 6) is 0. The number of rotatable bonds is 17. The van der Waals surface area contributed by atoms with Crippen LogP contribution >= 0.6 is 33.2 Å². The van der Waals surface area contributed by atoms with E-state index in [1.54, 1.807) is 0 Å². The molecule has 0 saturated heterocycles. The van der Waals surface area contributed by atoms with E-state index >= 15 is 0 Å². The Bertz CT molecular complexity index is 222. The quantitative estimate of drug-likeness (QED) is 0.155. The van der Waals surface area contributed by atoms with E-state index in [0.29, 0.717) is 6.61 Å². The van der Waals surface area contributed by atoms with Gasteiger partial charge in [-0.05, 0) is 12.5 Å². The minimum atomic E-state index is -2.36. The molecule has 1 nitrogen and oxygen atoms in total. The number of unbranched alkanes of at least 4 members (excludes halogenated alkanes) is 14. The minimum absolute atomic E-state index is 0.356. The Kier molecular flexibility index (Phi) is 17.7. The highest BCUT2D eigenvalue weighted by atomic mass is 35.8. The summed E-state index contributed by atoms with van der Waals surface area (Å²) in [7, 11) is 0. The number of halogens is 3. The molecule has 0 unspecified atom stereocenters. The Morgan fingerprint density at radius 1 is 0.455 bits per heavy atom. The maximum atomic E-state index is 8.69. The number of aliphatic hydroxyl groups is 1. The molecule has 0 bridgehead atoms. The van der Waals surface area contributed by atoms with Crippen LogP contribution in [0.4, 0.5) is 0 Å². The molecule has 0 spiro atoms. The fraction of sp³-hybridized carbons (Fsp3) is 1.00. The molecule has 0 radical (unpaired) electrons. The second kappa shape index (κ2) is 16.9. The van der Waals surface area contributed by atoms with Crippen molar-refractivity contribution in [2.75, 3.05) is 6.61 Å². The van der Waals surface area contributed by atoms with Gasteiger partial charge in [0, 0.05) is 6.61 Å². The number of aliphatic hydroxyl groups excluding tert-OH is 1. The summed E-state index contributed by atoms with van der Waals surface area (Å²) >= 11 is 17.6. The Balaban J connectivity index is 3.00. The molecule has 22 heavy (non-hydrogen) atoms. The van der Waals surface area contributed by atoms with Gasteiger partial charge in [-0.1, -0.05) is 89.9 Å². The van der Waals surface area contributed by atoms with Crippen LogP contribution in [0.3, 0.4) is 0 Å². The van der Waals surface area contributed by atoms with Gasteiger partial charge in [0.15, 0.2) is 0 Å². The largest absolute Gasteiger partial charge is 0.396 e. The fourth-order valence-electron chi connectivity index (χ4n) is 2.74. The molecule has 0 heterocycles. The first-order valence-electron chi connectivity index (χ1n) is 9.24. The molecule has 0 rings (SSSR count). The van der Waals surface area contributed by atoms with E-state index in [1.165, 1.54) is 83.5 Å². The summed E-state index contributed by atoms with van der Waals surface area (Å²) < 4.78 is 0. The van der Waals surface area contributed by atoms with Gasteiger partial charge in [0.2, 0.25) is 0 Å². The van der Waals surface area contributed by atoms with Crippen LogP contribution in [-0.2, 0) is 0 Å². The summed E-state index contributed by atoms with van der Waals surface area (Å²) in [6, 6.07) is -1.54. The number of hydrogen-bond donors (Lipinski definition) is 1. The third-order valence-corrected chi connectivity index (χ3v) is 6.74. The molecule has 5 heteroatoms. The average molecular weight is 390 g/mol. The second-order valence-corrected chi connectivity index (χ2v) is 15.7. The molecule has 0 atom stereocenters. The highest BCUT2D eigenvalue weighted by Gasteiger charge is 2.23. The van der Waals surface area contributed by atoms with Crippen LogP contribution in [0.5, 0.6) is 0 Å². The third-order valence-electron chi connectivity index (χ3n) is 4.12. The molecule has 0 aliphatic heterocycles. The first kappa shape index (κ1) is 23.0. The zero-order valence-electron chi connectivity index (χ0n) is 14.1. The van der Waals surface area contributed by atoms with Crippen molar-refractivity contribution < 1.29 is 5.11 Å². The predicted octanol–water partition coefficient (Wildman–Crippen LogP) is 7.49. The van der Waals surface area contributed by atoms with Gasteiger partial charge in [-0.2, -0.15) is 0 Å². The van der Waals surface area contributed by atoms with Gasteiger partial charge in [0.1, 0.15) is 0 Å². The second-order valence-electron chi connectivity index (χ2n) is 6.39. The van der Waals surface area contributed by atoms with Crippen LogP contribution in [0.25, 0.3) is 0 Å². The maximum Gasteiger partial charge on any atom is 0.341 e. The lowest BCUT2D eigenvalue weighted by Gasteiger charge is -2.07. The standard InChI is InChI=1S/C17H35Cl3OSi/c18-22(19,20)17-15-13-11-9-7-5-3-1-2-4-6-8-10-12-14-16-21/h21H,1-17H2. The summed E-state index contributed by atoms with van der Waals surface area (Å²) in [6.45, 7) is 0.356. The molecule has 0 saturated carbocycles. The third kappa shape index (κ3) is 21.0. The molecule has 0 aliphatic rings. The van der Waals surface area contributed by atoms with Gasteiger partial charge in [-0.3, -0.25) is 0 Å². The normalized spacial score (nSPS) is 12.0. The molecule has 134 valence electrons. The summed E-state index contributed by atoms with van der Waals surface area (Å²) in [4.78, 5) is 0. The zero-order valence-corrected chi connectivity index (χ0v) is 17.4. The van der Waals surface area contributed by atoms with Crippen molar-refractivity contribution in [3.8, 4) is 0 Å². The van der Waals surface area contributed by atoms with Crippen LogP contribution in [0, 0.1) is 0 Å². The fourth-order valence-corrected chi connectivity index (χ4v) is 4.59. The van der Waals surface area contributed by atoms with E-state index in [1.807, 2.05) is 0 Å². The topological polar surface area (TPSA) is 20.2 Å². The lowest BCUT2D eigenvalue weighted by atomic mass is 10.0. The van der Waals surface area contributed by atoms with Crippen molar-refractivity contribution in [1.29, 1.82) is 0 Å². The first-order valence-corrected chi connectivity index (χ1v) is 14.5. The molecule has 0 fully saturated rings. The van der Waals surface area contributed by atoms with E-state index < -0.39 is 6.00 Å². The predicted molar refractivity (Wildman–Crippen MR) is 104 cm³/mol. The molecule has 0 aromatic rings. The summed E-state index contributed by atoms with van der Waals surface area (Å²) in [5.41, 5.74) is 0. The molecule has 0 amide bonds. The molecular weight excluding hydrogens is 355 g/mol. The van der Waals surface area contributed by atoms with Crippen molar-refractivity contribution in [2.45, 2.75) is 102 Å². The van der Waals surface area contributed by atoms with Crippen molar-refractivity contribution >= 4 is 39.2 Å². The SMILES string of the molecule is OCCCCCCCCCCCCCCCCC[Si](Cl)(Cl)Cl. The van der Waals surface area contributed by atoms with E-state index in [4.69, 9.17) is 38.3 Å². The van der Waals surface area contributed by atoms with Gasteiger partial charge in [0.05, 0.1) is 0 Å². The molecule has 0 aromatic heterocycles. The highest BCUT2D eigenvalue weighted by molar-refractivity contribution is 7.64. The van der Waals surface area contributed by atoms with Gasteiger partial charge in [0.25, 0.3) is 0 Å². The van der Waals surface area contributed by atoms with Gasteiger partial charge in [-0.25, -0.2) is 0 Å². The Morgan fingerprint density at radius 2 is 0.727 bits per heavy atom. The molecule has 0 aliphatic carbocycles. The smallest absolute Gasteiger partial charge is 0.341 e. The van der Waals surface area contributed by atoms with Crippen LogP contribution in [0.1, 0.15) is 96.3 Å². The first-order chi connectivity index (χ1) is 10.6. The summed E-state index contributed by atoms with van der Waals surface area (Å²) in [5, 5.41) is 8.69. The lowest BCUT2D eigenvalue weighted by Crippen LogP contribution is -2.07. The summed E-state index contributed by atoms with van der Waals surface area (Å²) in [6.07, 6.45) is 19.5. The van der Waals surface area contributed by atoms with Crippen LogP contribution in [0.2, 0.25) is 6.04 Å². The molecule has 0 aromatic carbocycles. The number of hydrogen-bond acceptors (Lipinski definition) is 1. The van der Waals surface area contributed by atoms with Gasteiger partial charge in [-0.15, -0.1) is 33.2 Å². The average Bonchev–Trinajstić information content (AvgIpc) is 2.45. The van der Waals surface area contributed by atoms with Crippen molar-refractivity contribution in [3.63, 3.8) is 0 Å². The molecule has 1 N–H and O–H groups in total. The van der Waals surface area contributed by atoms with Crippen LogP contribution in [-0.4, -0.2) is 17.7 Å². The van der Waals surface area contributed by atoms with Crippen molar-refractivity contribution in [2.24, 2.45) is 0 Å². The minimum Gasteiger partial charge on any atom is -0.396 e.